The van der Waals surface area contributed by atoms with Crippen LogP contribution in [0.1, 0.15) is 24.9 Å². The van der Waals surface area contributed by atoms with Gasteiger partial charge in [-0.2, -0.15) is 4.31 Å². The van der Waals surface area contributed by atoms with Crippen molar-refractivity contribution >= 4 is 10.0 Å². The molecule has 0 radical (unpaired) electrons. The second-order valence-electron chi connectivity index (χ2n) is 7.19. The summed E-state index contributed by atoms with van der Waals surface area (Å²) in [5.74, 6) is 1.12. The van der Waals surface area contributed by atoms with Crippen LogP contribution in [-0.4, -0.2) is 57.0 Å². The van der Waals surface area contributed by atoms with Gasteiger partial charge in [-0.05, 0) is 24.6 Å². The molecule has 0 unspecified atom stereocenters. The van der Waals surface area contributed by atoms with E-state index >= 15 is 0 Å². The van der Waals surface area contributed by atoms with Crippen LogP contribution >= 0.6 is 0 Å². The van der Waals surface area contributed by atoms with Gasteiger partial charge < -0.3 is 9.47 Å². The van der Waals surface area contributed by atoms with Crippen molar-refractivity contribution in [3.8, 4) is 11.5 Å². The van der Waals surface area contributed by atoms with Crippen LogP contribution in [-0.2, 0) is 10.0 Å². The predicted octanol–water partition coefficient (Wildman–Crippen LogP) is 2.92. The van der Waals surface area contributed by atoms with Crippen molar-refractivity contribution in [2.24, 2.45) is 0 Å². The first-order valence-corrected chi connectivity index (χ1v) is 11.2. The van der Waals surface area contributed by atoms with E-state index in [1.54, 1.807) is 22.5 Å². The van der Waals surface area contributed by atoms with Crippen LogP contribution < -0.4 is 9.47 Å². The number of fused-ring (bicyclic) bond motifs is 1. The maximum absolute atomic E-state index is 13.1. The van der Waals surface area contributed by atoms with Gasteiger partial charge in [-0.25, -0.2) is 8.42 Å². The van der Waals surface area contributed by atoms with Gasteiger partial charge in [0.2, 0.25) is 10.0 Å². The maximum atomic E-state index is 13.1. The highest BCUT2D eigenvalue weighted by Crippen LogP contribution is 2.33. The minimum absolute atomic E-state index is 0.265. The molecule has 0 spiro atoms. The summed E-state index contributed by atoms with van der Waals surface area (Å²) in [6.07, 6.45) is 0.790. The van der Waals surface area contributed by atoms with E-state index in [4.69, 9.17) is 9.47 Å². The maximum Gasteiger partial charge on any atom is 0.243 e. The third kappa shape index (κ3) is 3.87. The Morgan fingerprint density at radius 3 is 2.29 bits per heavy atom. The summed E-state index contributed by atoms with van der Waals surface area (Å²) in [5.41, 5.74) is 1.25. The zero-order valence-electron chi connectivity index (χ0n) is 16.1. The zero-order chi connectivity index (χ0) is 19.6. The fraction of sp³-hybridized carbons (Fsp3) is 0.429. The molecule has 2 aliphatic rings. The number of rotatable bonds is 4. The van der Waals surface area contributed by atoms with Gasteiger partial charge in [0.05, 0.1) is 18.1 Å². The molecule has 2 heterocycles. The topological polar surface area (TPSA) is 59.1 Å². The number of nitrogens with zero attached hydrogens (tertiary/aromatic N) is 2. The molecule has 0 bridgehead atoms. The molecule has 0 amide bonds. The first kappa shape index (κ1) is 19.2. The minimum Gasteiger partial charge on any atom is -0.490 e. The summed E-state index contributed by atoms with van der Waals surface area (Å²) in [7, 11) is -3.55. The van der Waals surface area contributed by atoms with Crippen molar-refractivity contribution in [3.05, 3.63) is 54.1 Å². The number of hydrogen-bond acceptors (Lipinski definition) is 5. The summed E-state index contributed by atoms with van der Waals surface area (Å²) < 4.78 is 39.1. The molecular weight excluding hydrogens is 376 g/mol. The Labute approximate surface area is 166 Å². The van der Waals surface area contributed by atoms with Crippen LogP contribution in [0.25, 0.3) is 0 Å². The molecule has 0 N–H and O–H groups in total. The molecule has 1 atom stereocenters. The Morgan fingerprint density at radius 2 is 1.57 bits per heavy atom. The van der Waals surface area contributed by atoms with Gasteiger partial charge >= 0.3 is 0 Å². The lowest BCUT2D eigenvalue weighted by Gasteiger charge is -2.37. The molecule has 6 nitrogen and oxygen atoms in total. The summed E-state index contributed by atoms with van der Waals surface area (Å²) >= 11 is 0. The summed E-state index contributed by atoms with van der Waals surface area (Å²) in [6, 6.07) is 15.5. The van der Waals surface area contributed by atoms with Gasteiger partial charge in [-0.3, -0.25) is 4.90 Å². The Bertz CT molecular complexity index is 909. The molecule has 2 aromatic rings. The van der Waals surface area contributed by atoms with Crippen molar-refractivity contribution in [1.82, 2.24) is 9.21 Å². The lowest BCUT2D eigenvalue weighted by Crippen LogP contribution is -2.49. The summed E-state index contributed by atoms with van der Waals surface area (Å²) in [5, 5.41) is 0. The van der Waals surface area contributed by atoms with E-state index in [9.17, 15) is 8.42 Å². The van der Waals surface area contributed by atoms with E-state index in [1.807, 2.05) is 18.2 Å². The summed E-state index contributed by atoms with van der Waals surface area (Å²) in [6.45, 7) is 5.66. The quantitative estimate of drug-likeness (QED) is 0.787. The molecule has 28 heavy (non-hydrogen) atoms. The predicted molar refractivity (Wildman–Crippen MR) is 107 cm³/mol. The van der Waals surface area contributed by atoms with Gasteiger partial charge in [-0.1, -0.05) is 30.3 Å². The molecule has 0 aliphatic carbocycles. The molecule has 4 rings (SSSR count). The van der Waals surface area contributed by atoms with Crippen molar-refractivity contribution in [2.75, 3.05) is 39.4 Å². The molecule has 1 fully saturated rings. The van der Waals surface area contributed by atoms with Crippen molar-refractivity contribution < 1.29 is 17.9 Å². The van der Waals surface area contributed by atoms with Crippen LogP contribution in [0.4, 0.5) is 0 Å². The highest BCUT2D eigenvalue weighted by atomic mass is 32.2. The van der Waals surface area contributed by atoms with Crippen LogP contribution in [0, 0.1) is 0 Å². The third-order valence-electron chi connectivity index (χ3n) is 5.46. The molecule has 2 aromatic carbocycles. The second-order valence-corrected chi connectivity index (χ2v) is 9.12. The van der Waals surface area contributed by atoms with Crippen LogP contribution in [0.2, 0.25) is 0 Å². The number of sulfonamides is 1. The van der Waals surface area contributed by atoms with E-state index in [1.165, 1.54) is 5.56 Å². The van der Waals surface area contributed by atoms with E-state index in [2.05, 4.69) is 24.0 Å². The average Bonchev–Trinajstić information content (AvgIpc) is 2.99. The van der Waals surface area contributed by atoms with Crippen molar-refractivity contribution in [3.63, 3.8) is 0 Å². The zero-order valence-corrected chi connectivity index (χ0v) is 16.9. The molecule has 7 heteroatoms. The standard InChI is InChI=1S/C21H26N2O4S/c1-17(18-6-3-2-4-7-18)22-10-12-23(13-11-22)28(24,25)19-8-9-20-21(16-19)27-15-5-14-26-20/h2-4,6-9,16-17H,5,10-15H2,1H3/t17-/m1/s1. The molecule has 0 aromatic heterocycles. The van der Waals surface area contributed by atoms with E-state index < -0.39 is 10.0 Å². The fourth-order valence-corrected chi connectivity index (χ4v) is 5.16. The first-order chi connectivity index (χ1) is 13.6. The van der Waals surface area contributed by atoms with E-state index in [-0.39, 0.29) is 10.9 Å². The smallest absolute Gasteiger partial charge is 0.243 e. The second kappa shape index (κ2) is 8.11. The Kier molecular flexibility index (Phi) is 5.57. The Balaban J connectivity index is 1.46. The highest BCUT2D eigenvalue weighted by Gasteiger charge is 2.31. The first-order valence-electron chi connectivity index (χ1n) is 9.74. The van der Waals surface area contributed by atoms with E-state index in [0.29, 0.717) is 50.9 Å². The minimum atomic E-state index is -3.55. The Morgan fingerprint density at radius 1 is 0.893 bits per heavy atom. The highest BCUT2D eigenvalue weighted by molar-refractivity contribution is 7.89. The molecule has 1 saturated heterocycles. The van der Waals surface area contributed by atoms with E-state index in [0.717, 1.165) is 6.42 Å². The fourth-order valence-electron chi connectivity index (χ4n) is 3.73. The Hall–Kier alpha value is -2.09. The lowest BCUT2D eigenvalue weighted by molar-refractivity contribution is 0.146. The average molecular weight is 403 g/mol. The van der Waals surface area contributed by atoms with Gasteiger partial charge in [0, 0.05) is 44.7 Å². The number of benzene rings is 2. The third-order valence-corrected chi connectivity index (χ3v) is 7.35. The van der Waals surface area contributed by atoms with Crippen molar-refractivity contribution in [2.45, 2.75) is 24.3 Å². The molecule has 150 valence electrons. The van der Waals surface area contributed by atoms with Crippen LogP contribution in [0.15, 0.2) is 53.4 Å². The molecular formula is C21H26N2O4S. The largest absolute Gasteiger partial charge is 0.490 e. The van der Waals surface area contributed by atoms with Gasteiger partial charge in [-0.15, -0.1) is 0 Å². The van der Waals surface area contributed by atoms with Crippen LogP contribution in [0.3, 0.4) is 0 Å². The van der Waals surface area contributed by atoms with Gasteiger partial charge in [0.1, 0.15) is 0 Å². The van der Waals surface area contributed by atoms with Gasteiger partial charge in [0.25, 0.3) is 0 Å². The summed E-state index contributed by atoms with van der Waals surface area (Å²) in [4.78, 5) is 2.59. The monoisotopic (exact) mass is 402 g/mol. The SMILES string of the molecule is C[C@H](c1ccccc1)N1CCN(S(=O)(=O)c2ccc3c(c2)OCCCO3)CC1. The molecule has 0 saturated carbocycles. The lowest BCUT2D eigenvalue weighted by atomic mass is 10.1. The number of hydrogen-bond donors (Lipinski definition) is 0. The number of piperazine rings is 1. The number of ether oxygens (including phenoxy) is 2. The van der Waals surface area contributed by atoms with Crippen molar-refractivity contribution in [1.29, 1.82) is 0 Å². The normalized spacial score (nSPS) is 19.8. The van der Waals surface area contributed by atoms with Crippen LogP contribution in [0.5, 0.6) is 11.5 Å². The molecule has 2 aliphatic heterocycles. The van der Waals surface area contributed by atoms with Gasteiger partial charge in [0.15, 0.2) is 11.5 Å².